The second-order valence-corrected chi connectivity index (χ2v) is 6.53. The van der Waals surface area contributed by atoms with Gasteiger partial charge >= 0.3 is 0 Å². The Labute approximate surface area is 151 Å². The Balaban J connectivity index is 0.00000132. The number of alkyl halides is 1. The molecule has 2 aliphatic rings. The maximum absolute atomic E-state index is 14.5. The van der Waals surface area contributed by atoms with E-state index >= 15 is 0 Å². The molecule has 1 aliphatic heterocycles. The molecule has 1 aromatic rings. The van der Waals surface area contributed by atoms with Crippen LogP contribution in [0.25, 0.3) is 6.08 Å². The van der Waals surface area contributed by atoms with Crippen LogP contribution in [0.1, 0.15) is 31.7 Å². The van der Waals surface area contributed by atoms with Crippen molar-refractivity contribution in [3.05, 3.63) is 41.5 Å². The fraction of sp³-hybridized carbons (Fsp3) is 0.556. The zero-order chi connectivity index (χ0) is 14.7. The van der Waals surface area contributed by atoms with Gasteiger partial charge in [0.1, 0.15) is 5.67 Å². The van der Waals surface area contributed by atoms with E-state index in [1.54, 1.807) is 0 Å². The predicted molar refractivity (Wildman–Crippen MR) is 100 cm³/mol. The van der Waals surface area contributed by atoms with Crippen molar-refractivity contribution in [3.63, 3.8) is 0 Å². The van der Waals surface area contributed by atoms with Crippen LogP contribution in [0, 0.1) is 5.92 Å². The molecule has 2 N–H and O–H groups in total. The van der Waals surface area contributed by atoms with E-state index in [1.165, 1.54) is 11.1 Å². The highest BCUT2D eigenvalue weighted by Crippen LogP contribution is 2.38. The molecular weight excluding hydrogens is 334 g/mol. The standard InChI is InChI=1S/C18H25FN2.2ClH/c1-14(11-15-5-3-2-4-6-15)16-12-17(16)21-13-18(19)7-9-20-10-8-18;;/h2-6,11,16-17,20-21H,7-10,12-13H2,1H3;2*1H/b14-11+;;. The summed E-state index contributed by atoms with van der Waals surface area (Å²) in [6, 6.07) is 10.9. The number of hydrogen-bond donors (Lipinski definition) is 2. The second-order valence-electron chi connectivity index (χ2n) is 6.53. The van der Waals surface area contributed by atoms with Crippen molar-refractivity contribution in [1.82, 2.24) is 10.6 Å². The normalized spacial score (nSPS) is 25.9. The summed E-state index contributed by atoms with van der Waals surface area (Å²) in [5.41, 5.74) is 1.65. The lowest BCUT2D eigenvalue weighted by molar-refractivity contribution is 0.113. The monoisotopic (exact) mass is 360 g/mol. The van der Waals surface area contributed by atoms with Gasteiger partial charge in [-0.3, -0.25) is 0 Å². The Kier molecular flexibility index (Phi) is 8.02. The van der Waals surface area contributed by atoms with Crippen molar-refractivity contribution >= 4 is 30.9 Å². The second kappa shape index (κ2) is 9.03. The Morgan fingerprint density at radius 2 is 1.91 bits per heavy atom. The minimum absolute atomic E-state index is 0. The lowest BCUT2D eigenvalue weighted by atomic mass is 9.94. The quantitative estimate of drug-likeness (QED) is 0.828. The molecule has 2 fully saturated rings. The van der Waals surface area contributed by atoms with Crippen molar-refractivity contribution in [1.29, 1.82) is 0 Å². The van der Waals surface area contributed by atoms with E-state index in [2.05, 4.69) is 47.9 Å². The average Bonchev–Trinajstić information content (AvgIpc) is 3.27. The van der Waals surface area contributed by atoms with Crippen molar-refractivity contribution in [3.8, 4) is 0 Å². The van der Waals surface area contributed by atoms with Gasteiger partial charge in [-0.25, -0.2) is 4.39 Å². The zero-order valence-corrected chi connectivity index (χ0v) is 15.2. The molecule has 0 bridgehead atoms. The van der Waals surface area contributed by atoms with Crippen molar-refractivity contribution in [2.24, 2.45) is 5.92 Å². The van der Waals surface area contributed by atoms with Crippen LogP contribution in [-0.2, 0) is 0 Å². The number of rotatable bonds is 5. The summed E-state index contributed by atoms with van der Waals surface area (Å²) in [6.45, 7) is 4.31. The third-order valence-electron chi connectivity index (χ3n) is 4.75. The number of benzene rings is 1. The van der Waals surface area contributed by atoms with Crippen LogP contribution in [0.2, 0.25) is 0 Å². The molecule has 1 aliphatic carbocycles. The average molecular weight is 361 g/mol. The molecular formula is C18H27Cl2FN2. The fourth-order valence-corrected chi connectivity index (χ4v) is 3.21. The maximum Gasteiger partial charge on any atom is 0.125 e. The predicted octanol–water partition coefficient (Wildman–Crippen LogP) is 4.00. The molecule has 0 aromatic heterocycles. The molecule has 1 saturated heterocycles. The topological polar surface area (TPSA) is 24.1 Å². The van der Waals surface area contributed by atoms with Gasteiger partial charge in [0.25, 0.3) is 0 Å². The molecule has 2 unspecified atom stereocenters. The smallest absolute Gasteiger partial charge is 0.125 e. The molecule has 0 radical (unpaired) electrons. The van der Waals surface area contributed by atoms with Crippen LogP contribution < -0.4 is 10.6 Å². The van der Waals surface area contributed by atoms with Gasteiger partial charge < -0.3 is 10.6 Å². The minimum atomic E-state index is -1.00. The molecule has 5 heteroatoms. The lowest BCUT2D eigenvalue weighted by Crippen LogP contribution is -2.46. The van der Waals surface area contributed by atoms with Gasteiger partial charge in [0.2, 0.25) is 0 Å². The first kappa shape index (κ1) is 20.4. The summed E-state index contributed by atoms with van der Waals surface area (Å²) in [4.78, 5) is 0. The number of halogens is 3. The molecule has 1 heterocycles. The molecule has 1 saturated carbocycles. The number of piperidine rings is 1. The van der Waals surface area contributed by atoms with E-state index in [1.807, 2.05) is 6.07 Å². The first-order chi connectivity index (χ1) is 10.2. The largest absolute Gasteiger partial charge is 0.316 e. The SMILES string of the molecule is C/C(=C\c1ccccc1)C1CC1NCC1(F)CCNCC1.Cl.Cl. The van der Waals surface area contributed by atoms with Crippen LogP contribution in [0.4, 0.5) is 4.39 Å². The summed E-state index contributed by atoms with van der Waals surface area (Å²) >= 11 is 0. The third-order valence-corrected chi connectivity index (χ3v) is 4.75. The number of hydrogen-bond acceptors (Lipinski definition) is 2. The minimum Gasteiger partial charge on any atom is -0.316 e. The van der Waals surface area contributed by atoms with E-state index in [0.717, 1.165) is 19.5 Å². The molecule has 1 aromatic carbocycles. The van der Waals surface area contributed by atoms with E-state index in [4.69, 9.17) is 0 Å². The summed E-state index contributed by atoms with van der Waals surface area (Å²) in [5, 5.41) is 6.66. The van der Waals surface area contributed by atoms with Crippen LogP contribution in [0.15, 0.2) is 35.9 Å². The molecule has 3 rings (SSSR count). The van der Waals surface area contributed by atoms with Gasteiger partial charge in [-0.1, -0.05) is 42.0 Å². The van der Waals surface area contributed by atoms with E-state index < -0.39 is 5.67 Å². The maximum atomic E-state index is 14.5. The van der Waals surface area contributed by atoms with Crippen molar-refractivity contribution in [2.45, 2.75) is 37.9 Å². The lowest BCUT2D eigenvalue weighted by Gasteiger charge is -2.30. The van der Waals surface area contributed by atoms with Gasteiger partial charge in [0.05, 0.1) is 0 Å². The van der Waals surface area contributed by atoms with E-state index in [0.29, 0.717) is 31.3 Å². The van der Waals surface area contributed by atoms with Crippen LogP contribution in [0.5, 0.6) is 0 Å². The van der Waals surface area contributed by atoms with Crippen molar-refractivity contribution < 1.29 is 4.39 Å². The zero-order valence-electron chi connectivity index (χ0n) is 13.6. The first-order valence-corrected chi connectivity index (χ1v) is 8.03. The highest BCUT2D eigenvalue weighted by Gasteiger charge is 2.40. The summed E-state index contributed by atoms with van der Waals surface area (Å²) < 4.78 is 14.5. The van der Waals surface area contributed by atoms with Gasteiger partial charge in [0.15, 0.2) is 0 Å². The van der Waals surface area contributed by atoms with Crippen molar-refractivity contribution in [2.75, 3.05) is 19.6 Å². The summed E-state index contributed by atoms with van der Waals surface area (Å²) in [6.07, 6.45) is 4.66. The Morgan fingerprint density at radius 3 is 2.57 bits per heavy atom. The van der Waals surface area contributed by atoms with Crippen LogP contribution in [0.3, 0.4) is 0 Å². The van der Waals surface area contributed by atoms with Gasteiger partial charge in [-0.05, 0) is 50.8 Å². The highest BCUT2D eigenvalue weighted by atomic mass is 35.5. The molecule has 2 atom stereocenters. The Hall–Kier alpha value is -0.610. The molecule has 23 heavy (non-hydrogen) atoms. The van der Waals surface area contributed by atoms with Gasteiger partial charge in [-0.15, -0.1) is 24.8 Å². The third kappa shape index (κ3) is 5.75. The van der Waals surface area contributed by atoms with E-state index in [9.17, 15) is 4.39 Å². The van der Waals surface area contributed by atoms with E-state index in [-0.39, 0.29) is 24.8 Å². The Bertz CT molecular complexity index is 501. The molecule has 0 spiro atoms. The summed E-state index contributed by atoms with van der Waals surface area (Å²) in [7, 11) is 0. The highest BCUT2D eigenvalue weighted by molar-refractivity contribution is 5.85. The number of nitrogens with one attached hydrogen (secondary N) is 2. The summed E-state index contributed by atoms with van der Waals surface area (Å²) in [5.74, 6) is 0.579. The fourth-order valence-electron chi connectivity index (χ4n) is 3.21. The van der Waals surface area contributed by atoms with Crippen LogP contribution in [-0.4, -0.2) is 31.3 Å². The van der Waals surface area contributed by atoms with Gasteiger partial charge in [-0.2, -0.15) is 0 Å². The first-order valence-electron chi connectivity index (χ1n) is 8.03. The molecule has 0 amide bonds. The Morgan fingerprint density at radius 1 is 1.26 bits per heavy atom. The van der Waals surface area contributed by atoms with Crippen LogP contribution >= 0.6 is 24.8 Å². The molecule has 130 valence electrons. The molecule has 2 nitrogen and oxygen atoms in total. The van der Waals surface area contributed by atoms with Gasteiger partial charge in [0, 0.05) is 12.6 Å².